The van der Waals surface area contributed by atoms with Gasteiger partial charge in [0.2, 0.25) is 0 Å². The number of hydrogen-bond acceptors (Lipinski definition) is 2. The molecular formula is C9H14ClN3. The first-order valence-electron chi connectivity index (χ1n) is 4.65. The molecule has 1 aliphatic rings. The van der Waals surface area contributed by atoms with E-state index in [1.54, 1.807) is 4.68 Å². The van der Waals surface area contributed by atoms with Gasteiger partial charge in [-0.2, -0.15) is 0 Å². The summed E-state index contributed by atoms with van der Waals surface area (Å²) in [4.78, 5) is 0. The normalized spacial score (nSPS) is 19.8. The van der Waals surface area contributed by atoms with Crippen molar-refractivity contribution in [2.45, 2.75) is 25.7 Å². The van der Waals surface area contributed by atoms with Crippen LogP contribution >= 0.6 is 11.6 Å². The Kier molecular flexibility index (Phi) is 2.28. The largest absolute Gasteiger partial charge is 0.255 e. The van der Waals surface area contributed by atoms with Crippen LogP contribution in [0.15, 0.2) is 6.20 Å². The first-order valence-corrected chi connectivity index (χ1v) is 5.19. The van der Waals surface area contributed by atoms with Crippen LogP contribution in [-0.2, 0) is 13.5 Å². The van der Waals surface area contributed by atoms with Crippen LogP contribution in [-0.4, -0.2) is 20.9 Å². The van der Waals surface area contributed by atoms with Gasteiger partial charge in [0.1, 0.15) is 0 Å². The molecule has 0 aliphatic heterocycles. The molecule has 1 aliphatic carbocycles. The zero-order valence-corrected chi connectivity index (χ0v) is 8.59. The van der Waals surface area contributed by atoms with Gasteiger partial charge in [0.05, 0.1) is 5.69 Å². The minimum atomic E-state index is 0.331. The Balaban J connectivity index is 2.04. The van der Waals surface area contributed by atoms with Crippen LogP contribution in [0.2, 0.25) is 0 Å². The summed E-state index contributed by atoms with van der Waals surface area (Å²) >= 11 is 5.96. The van der Waals surface area contributed by atoms with Crippen molar-refractivity contribution in [2.75, 3.05) is 5.88 Å². The molecular weight excluding hydrogens is 186 g/mol. The summed E-state index contributed by atoms with van der Waals surface area (Å²) in [5.41, 5.74) is 1.40. The van der Waals surface area contributed by atoms with Crippen LogP contribution in [0.1, 0.15) is 25.0 Å². The van der Waals surface area contributed by atoms with Gasteiger partial charge in [0.15, 0.2) is 0 Å². The predicted molar refractivity (Wildman–Crippen MR) is 51.7 cm³/mol. The summed E-state index contributed by atoms with van der Waals surface area (Å²) in [7, 11) is 1.89. The van der Waals surface area contributed by atoms with Crippen molar-refractivity contribution in [3.8, 4) is 0 Å². The van der Waals surface area contributed by atoms with Gasteiger partial charge in [-0.1, -0.05) is 11.6 Å². The van der Waals surface area contributed by atoms with E-state index in [2.05, 4.69) is 10.3 Å². The molecule has 72 valence electrons. The van der Waals surface area contributed by atoms with E-state index in [0.29, 0.717) is 5.41 Å². The van der Waals surface area contributed by atoms with E-state index >= 15 is 0 Å². The molecule has 1 aromatic heterocycles. The Morgan fingerprint density at radius 2 is 2.38 bits per heavy atom. The fourth-order valence-corrected chi connectivity index (χ4v) is 2.26. The number of aromatic nitrogens is 3. The summed E-state index contributed by atoms with van der Waals surface area (Å²) in [6, 6.07) is 0. The zero-order chi connectivity index (χ0) is 9.31. The second-order valence-corrected chi connectivity index (χ2v) is 4.31. The van der Waals surface area contributed by atoms with Crippen molar-refractivity contribution in [1.82, 2.24) is 15.0 Å². The lowest BCUT2D eigenvalue weighted by Gasteiger charge is -2.39. The third-order valence-corrected chi connectivity index (χ3v) is 3.47. The number of rotatable bonds is 3. The Labute approximate surface area is 83.1 Å². The van der Waals surface area contributed by atoms with E-state index in [0.717, 1.165) is 18.0 Å². The summed E-state index contributed by atoms with van der Waals surface area (Å²) < 4.78 is 1.75. The van der Waals surface area contributed by atoms with Gasteiger partial charge < -0.3 is 0 Å². The van der Waals surface area contributed by atoms with Crippen molar-refractivity contribution in [1.29, 1.82) is 0 Å². The Morgan fingerprint density at radius 1 is 1.62 bits per heavy atom. The molecule has 13 heavy (non-hydrogen) atoms. The highest BCUT2D eigenvalue weighted by atomic mass is 35.5. The van der Waals surface area contributed by atoms with Crippen molar-refractivity contribution >= 4 is 11.6 Å². The van der Waals surface area contributed by atoms with Crippen LogP contribution in [0, 0.1) is 5.41 Å². The highest BCUT2D eigenvalue weighted by Gasteiger charge is 2.36. The summed E-state index contributed by atoms with van der Waals surface area (Å²) in [6.45, 7) is 0. The second kappa shape index (κ2) is 3.29. The van der Waals surface area contributed by atoms with Crippen molar-refractivity contribution < 1.29 is 0 Å². The summed E-state index contributed by atoms with van der Waals surface area (Å²) in [6.07, 6.45) is 6.77. The molecule has 0 amide bonds. The number of hydrogen-bond donors (Lipinski definition) is 0. The second-order valence-electron chi connectivity index (χ2n) is 4.05. The summed E-state index contributed by atoms with van der Waals surface area (Å²) in [5.74, 6) is 0.754. The minimum absolute atomic E-state index is 0.331. The van der Waals surface area contributed by atoms with Crippen molar-refractivity contribution in [3.63, 3.8) is 0 Å². The molecule has 0 N–H and O–H groups in total. The third-order valence-electron chi connectivity index (χ3n) is 2.90. The molecule has 1 heterocycles. The Bertz CT molecular complexity index is 285. The van der Waals surface area contributed by atoms with E-state index < -0.39 is 0 Å². The van der Waals surface area contributed by atoms with Crippen LogP contribution in [0.3, 0.4) is 0 Å². The van der Waals surface area contributed by atoms with E-state index in [1.807, 2.05) is 13.2 Å². The van der Waals surface area contributed by atoms with E-state index in [9.17, 15) is 0 Å². The van der Waals surface area contributed by atoms with Crippen LogP contribution in [0.25, 0.3) is 0 Å². The molecule has 4 heteroatoms. The maximum Gasteiger partial charge on any atom is 0.0832 e. The van der Waals surface area contributed by atoms with Gasteiger partial charge in [-0.25, -0.2) is 0 Å². The molecule has 3 nitrogen and oxygen atoms in total. The monoisotopic (exact) mass is 199 g/mol. The van der Waals surface area contributed by atoms with E-state index in [1.165, 1.54) is 19.3 Å². The molecule has 0 radical (unpaired) electrons. The first-order chi connectivity index (χ1) is 6.24. The topological polar surface area (TPSA) is 30.7 Å². The quantitative estimate of drug-likeness (QED) is 0.695. The van der Waals surface area contributed by atoms with Crippen molar-refractivity contribution in [2.24, 2.45) is 12.5 Å². The molecule has 0 aromatic carbocycles. The first kappa shape index (κ1) is 9.00. The van der Waals surface area contributed by atoms with Gasteiger partial charge >= 0.3 is 0 Å². The van der Waals surface area contributed by atoms with Gasteiger partial charge in [-0.15, -0.1) is 16.7 Å². The molecule has 0 saturated heterocycles. The van der Waals surface area contributed by atoms with Gasteiger partial charge in [0, 0.05) is 19.1 Å². The maximum atomic E-state index is 5.96. The smallest absolute Gasteiger partial charge is 0.0832 e. The SMILES string of the molecule is Cn1cc(CC2(CCl)CCC2)nn1. The number of aryl methyl sites for hydroxylation is 1. The lowest BCUT2D eigenvalue weighted by molar-refractivity contribution is 0.164. The van der Waals surface area contributed by atoms with Gasteiger partial charge in [-0.3, -0.25) is 4.68 Å². The third kappa shape index (κ3) is 1.70. The van der Waals surface area contributed by atoms with Crippen LogP contribution < -0.4 is 0 Å². The number of halogens is 1. The van der Waals surface area contributed by atoms with Gasteiger partial charge in [0.25, 0.3) is 0 Å². The fraction of sp³-hybridized carbons (Fsp3) is 0.778. The average Bonchev–Trinajstić information content (AvgIpc) is 2.44. The van der Waals surface area contributed by atoms with E-state index in [-0.39, 0.29) is 0 Å². The standard InChI is InChI=1S/C9H14ClN3/c1-13-6-8(11-12-13)5-9(7-10)3-2-4-9/h6H,2-5,7H2,1H3. The molecule has 0 spiro atoms. The summed E-state index contributed by atoms with van der Waals surface area (Å²) in [5, 5.41) is 8.00. The highest BCUT2D eigenvalue weighted by Crippen LogP contribution is 2.44. The highest BCUT2D eigenvalue weighted by molar-refractivity contribution is 6.18. The Morgan fingerprint density at radius 3 is 2.77 bits per heavy atom. The minimum Gasteiger partial charge on any atom is -0.255 e. The van der Waals surface area contributed by atoms with Gasteiger partial charge in [-0.05, 0) is 24.7 Å². The molecule has 1 aromatic rings. The fourth-order valence-electron chi connectivity index (χ4n) is 1.89. The molecule has 0 bridgehead atoms. The average molecular weight is 200 g/mol. The van der Waals surface area contributed by atoms with Crippen LogP contribution in [0.4, 0.5) is 0 Å². The molecule has 2 rings (SSSR count). The van der Waals surface area contributed by atoms with Crippen LogP contribution in [0.5, 0.6) is 0 Å². The molecule has 1 fully saturated rings. The molecule has 0 unspecified atom stereocenters. The molecule has 1 saturated carbocycles. The Hall–Kier alpha value is -0.570. The number of alkyl halides is 1. The lowest BCUT2D eigenvalue weighted by atomic mass is 9.67. The lowest BCUT2D eigenvalue weighted by Crippen LogP contribution is -2.33. The maximum absolute atomic E-state index is 5.96. The van der Waals surface area contributed by atoms with Crippen molar-refractivity contribution in [3.05, 3.63) is 11.9 Å². The van der Waals surface area contributed by atoms with E-state index in [4.69, 9.17) is 11.6 Å². The predicted octanol–water partition coefficient (Wildman–Crippen LogP) is 1.77. The number of nitrogens with zero attached hydrogens (tertiary/aromatic N) is 3. The zero-order valence-electron chi connectivity index (χ0n) is 7.83. The molecule has 0 atom stereocenters.